The van der Waals surface area contributed by atoms with Crippen LogP contribution in [0.2, 0.25) is 0 Å². The number of carbonyl (C=O) groups is 1. The topological polar surface area (TPSA) is 91.0 Å². The fourth-order valence-electron chi connectivity index (χ4n) is 1.17. The number of nitrogens with zero attached hydrogens (tertiary/aromatic N) is 2. The third-order valence-electron chi connectivity index (χ3n) is 2.15. The molecule has 2 amide bonds. The predicted molar refractivity (Wildman–Crippen MR) is 63.6 cm³/mol. The summed E-state index contributed by atoms with van der Waals surface area (Å²) in [6.45, 7) is 6.59. The summed E-state index contributed by atoms with van der Waals surface area (Å²) in [7, 11) is 0. The number of carbonyl (C=O) groups excluding carboxylic acids is 1. The van der Waals surface area contributed by atoms with Crippen molar-refractivity contribution in [3.8, 4) is 0 Å². The first-order valence-corrected chi connectivity index (χ1v) is 5.53. The molecule has 0 spiro atoms. The number of unbranched alkanes of at least 4 members (excludes halogenated alkanes) is 1. The van der Waals surface area contributed by atoms with E-state index in [0.717, 1.165) is 12.8 Å². The first-order valence-electron chi connectivity index (χ1n) is 5.53. The molecule has 0 unspecified atom stereocenters. The Balaban J connectivity index is 4.25. The normalized spacial score (nSPS) is 11.6. The highest BCUT2D eigenvalue weighted by Gasteiger charge is 2.17. The molecule has 0 aliphatic rings. The van der Waals surface area contributed by atoms with Gasteiger partial charge in [0, 0.05) is 12.6 Å². The molecule has 0 rings (SSSR count). The minimum atomic E-state index is -0.185. The smallest absolute Gasteiger partial charge is 0.318 e. The number of hydrogen-bond acceptors (Lipinski definition) is 3. The molecule has 0 saturated heterocycles. The Morgan fingerprint density at radius 3 is 2.62 bits per heavy atom. The molecule has 0 atom stereocenters. The molecular weight excluding hydrogens is 208 g/mol. The van der Waals surface area contributed by atoms with Gasteiger partial charge in [0.1, 0.15) is 0 Å². The van der Waals surface area contributed by atoms with E-state index in [9.17, 15) is 4.79 Å². The van der Waals surface area contributed by atoms with Crippen LogP contribution in [0.25, 0.3) is 0 Å². The number of hydrogen-bond donors (Lipinski definition) is 3. The molecule has 4 N–H and O–H groups in total. The lowest BCUT2D eigenvalue weighted by atomic mass is 10.3. The van der Waals surface area contributed by atoms with Crippen molar-refractivity contribution in [3.63, 3.8) is 0 Å². The number of oxime groups is 1. The summed E-state index contributed by atoms with van der Waals surface area (Å²) in [6, 6.07) is -0.183. The molecule has 0 fully saturated rings. The Morgan fingerprint density at radius 1 is 1.56 bits per heavy atom. The van der Waals surface area contributed by atoms with E-state index >= 15 is 0 Å². The zero-order valence-electron chi connectivity index (χ0n) is 10.2. The highest BCUT2D eigenvalue weighted by atomic mass is 16.4. The standard InChI is InChI=1S/C10H22N4O2/c1-4-5-6-12-10(15)14(8(2)3)7-9(11)13-16/h8,16H,4-7H2,1-3H3,(H2,11,13)(H,12,15). The number of urea groups is 1. The highest BCUT2D eigenvalue weighted by Crippen LogP contribution is 1.98. The van der Waals surface area contributed by atoms with Crippen LogP contribution in [0, 0.1) is 0 Å². The van der Waals surface area contributed by atoms with Crippen LogP contribution in [-0.4, -0.2) is 41.1 Å². The number of amides is 2. The Hall–Kier alpha value is -1.46. The van der Waals surface area contributed by atoms with E-state index in [4.69, 9.17) is 10.9 Å². The summed E-state index contributed by atoms with van der Waals surface area (Å²) >= 11 is 0. The highest BCUT2D eigenvalue weighted by molar-refractivity contribution is 5.86. The molecule has 0 aliphatic carbocycles. The van der Waals surface area contributed by atoms with E-state index in [0.29, 0.717) is 6.54 Å². The summed E-state index contributed by atoms with van der Waals surface area (Å²) < 4.78 is 0. The maximum absolute atomic E-state index is 11.7. The van der Waals surface area contributed by atoms with Crippen LogP contribution < -0.4 is 11.1 Å². The third-order valence-corrected chi connectivity index (χ3v) is 2.15. The average molecular weight is 230 g/mol. The lowest BCUT2D eigenvalue weighted by Crippen LogP contribution is -2.48. The molecule has 0 radical (unpaired) electrons. The molecule has 0 bridgehead atoms. The van der Waals surface area contributed by atoms with Crippen molar-refractivity contribution in [2.45, 2.75) is 39.7 Å². The molecule has 6 heteroatoms. The van der Waals surface area contributed by atoms with E-state index in [1.54, 1.807) is 0 Å². The number of rotatable bonds is 6. The van der Waals surface area contributed by atoms with Crippen LogP contribution in [0.3, 0.4) is 0 Å². The Labute approximate surface area is 96.5 Å². The summed E-state index contributed by atoms with van der Waals surface area (Å²) in [5.74, 6) is 0.0272. The van der Waals surface area contributed by atoms with Gasteiger partial charge in [-0.15, -0.1) is 0 Å². The Kier molecular flexibility index (Phi) is 7.07. The summed E-state index contributed by atoms with van der Waals surface area (Å²) in [6.07, 6.45) is 1.98. The molecule has 0 saturated carbocycles. The molecule has 16 heavy (non-hydrogen) atoms. The largest absolute Gasteiger partial charge is 0.409 e. The predicted octanol–water partition coefficient (Wildman–Crippen LogP) is 0.953. The second-order valence-electron chi connectivity index (χ2n) is 3.90. The van der Waals surface area contributed by atoms with Gasteiger partial charge in [-0.25, -0.2) is 4.79 Å². The lowest BCUT2D eigenvalue weighted by molar-refractivity contribution is 0.191. The first kappa shape index (κ1) is 14.5. The Bertz CT molecular complexity index is 241. The van der Waals surface area contributed by atoms with Crippen LogP contribution in [-0.2, 0) is 0 Å². The van der Waals surface area contributed by atoms with Crippen LogP contribution in [0.4, 0.5) is 4.79 Å². The van der Waals surface area contributed by atoms with Crippen molar-refractivity contribution in [1.29, 1.82) is 0 Å². The Morgan fingerprint density at radius 2 is 2.19 bits per heavy atom. The van der Waals surface area contributed by atoms with Crippen molar-refractivity contribution in [2.75, 3.05) is 13.1 Å². The fourth-order valence-corrected chi connectivity index (χ4v) is 1.17. The van der Waals surface area contributed by atoms with Gasteiger partial charge >= 0.3 is 6.03 Å². The van der Waals surface area contributed by atoms with Gasteiger partial charge < -0.3 is 21.2 Å². The van der Waals surface area contributed by atoms with Gasteiger partial charge in [0.05, 0.1) is 6.54 Å². The summed E-state index contributed by atoms with van der Waals surface area (Å²) in [5.41, 5.74) is 5.38. The minimum Gasteiger partial charge on any atom is -0.409 e. The van der Waals surface area contributed by atoms with E-state index < -0.39 is 0 Å². The van der Waals surface area contributed by atoms with Crippen molar-refractivity contribution < 1.29 is 10.0 Å². The molecule has 0 aromatic carbocycles. The van der Waals surface area contributed by atoms with Gasteiger partial charge in [-0.3, -0.25) is 0 Å². The second-order valence-corrected chi connectivity index (χ2v) is 3.90. The molecule has 6 nitrogen and oxygen atoms in total. The lowest BCUT2D eigenvalue weighted by Gasteiger charge is -2.26. The van der Waals surface area contributed by atoms with Crippen LogP contribution in [0.5, 0.6) is 0 Å². The van der Waals surface area contributed by atoms with Gasteiger partial charge in [0.15, 0.2) is 5.84 Å². The van der Waals surface area contributed by atoms with E-state index in [-0.39, 0.29) is 24.5 Å². The summed E-state index contributed by atoms with van der Waals surface area (Å²) in [4.78, 5) is 13.3. The molecule has 0 aliphatic heterocycles. The minimum absolute atomic E-state index is 0.00178. The van der Waals surface area contributed by atoms with E-state index in [1.807, 2.05) is 13.8 Å². The van der Waals surface area contributed by atoms with Gasteiger partial charge in [0.2, 0.25) is 0 Å². The molecule has 0 aromatic rings. The van der Waals surface area contributed by atoms with Crippen LogP contribution in [0.15, 0.2) is 5.16 Å². The van der Waals surface area contributed by atoms with E-state index in [1.165, 1.54) is 4.90 Å². The zero-order valence-corrected chi connectivity index (χ0v) is 10.2. The number of nitrogens with one attached hydrogen (secondary N) is 1. The maximum atomic E-state index is 11.7. The van der Waals surface area contributed by atoms with Crippen LogP contribution >= 0.6 is 0 Å². The maximum Gasteiger partial charge on any atom is 0.318 e. The average Bonchev–Trinajstić information content (AvgIpc) is 2.25. The number of nitrogens with two attached hydrogens (primary N) is 1. The molecule has 0 aromatic heterocycles. The second kappa shape index (κ2) is 7.78. The van der Waals surface area contributed by atoms with Crippen molar-refractivity contribution in [1.82, 2.24) is 10.2 Å². The van der Waals surface area contributed by atoms with Gasteiger partial charge in [-0.1, -0.05) is 18.5 Å². The van der Waals surface area contributed by atoms with Crippen molar-refractivity contribution in [2.24, 2.45) is 10.9 Å². The van der Waals surface area contributed by atoms with Gasteiger partial charge in [-0.05, 0) is 20.3 Å². The fraction of sp³-hybridized carbons (Fsp3) is 0.800. The van der Waals surface area contributed by atoms with Crippen molar-refractivity contribution in [3.05, 3.63) is 0 Å². The van der Waals surface area contributed by atoms with E-state index in [2.05, 4.69) is 17.4 Å². The third kappa shape index (κ3) is 5.43. The number of amidine groups is 1. The SMILES string of the molecule is CCCCNC(=O)N(CC(N)=NO)C(C)C. The first-order chi connectivity index (χ1) is 7.52. The van der Waals surface area contributed by atoms with Crippen LogP contribution in [0.1, 0.15) is 33.6 Å². The van der Waals surface area contributed by atoms with Gasteiger partial charge in [0.25, 0.3) is 0 Å². The molecule has 94 valence electrons. The quantitative estimate of drug-likeness (QED) is 0.209. The van der Waals surface area contributed by atoms with Crippen molar-refractivity contribution >= 4 is 11.9 Å². The molecule has 0 heterocycles. The molecular formula is C10H22N4O2. The summed E-state index contributed by atoms with van der Waals surface area (Å²) in [5, 5.41) is 14.1. The van der Waals surface area contributed by atoms with Gasteiger partial charge in [-0.2, -0.15) is 0 Å². The zero-order chi connectivity index (χ0) is 12.6. The monoisotopic (exact) mass is 230 g/mol.